The van der Waals surface area contributed by atoms with E-state index in [1.807, 2.05) is 0 Å². The van der Waals surface area contributed by atoms with Crippen molar-refractivity contribution in [1.29, 1.82) is 0 Å². The van der Waals surface area contributed by atoms with Gasteiger partial charge in [-0.1, -0.05) is 53.7 Å². The molecule has 0 aromatic heterocycles. The fraction of sp³-hybridized carbons (Fsp3) is 0.870. The van der Waals surface area contributed by atoms with Crippen LogP contribution in [0.1, 0.15) is 80.1 Å². The fourth-order valence-electron chi connectivity index (χ4n) is 3.38. The van der Waals surface area contributed by atoms with Gasteiger partial charge in [-0.25, -0.2) is 0 Å². The van der Waals surface area contributed by atoms with Crippen molar-refractivity contribution in [1.82, 2.24) is 5.32 Å². The molecule has 27 heavy (non-hydrogen) atoms. The number of hydrogen-bond donors (Lipinski definition) is 1. The van der Waals surface area contributed by atoms with E-state index in [4.69, 9.17) is 4.43 Å². The zero-order valence-corrected chi connectivity index (χ0v) is 20.2. The molecule has 1 heterocycles. The number of hydrogen-bond acceptors (Lipinski definition) is 2. The summed E-state index contributed by atoms with van der Waals surface area (Å²) in [5, 5.41) is 3.33. The predicted octanol–water partition coefficient (Wildman–Crippen LogP) is 6.31. The summed E-state index contributed by atoms with van der Waals surface area (Å²) in [5.74, 6) is 1.34. The standard InChI is InChI=1S/C23H45NO2Si/c1-9-20-13-10-12-18(2)15-16-21(26-27(7,8)23(4,5)6)19(3)22(25)24-17-11-14-20/h10,13,18-21H,9,11-12,14-17H2,1-8H3,(H,24,25)/b13-10+/t18-,19-,20+,21+/m1/s1. The van der Waals surface area contributed by atoms with Crippen molar-refractivity contribution >= 4 is 14.2 Å². The van der Waals surface area contributed by atoms with Crippen molar-refractivity contribution in [3.63, 3.8) is 0 Å². The van der Waals surface area contributed by atoms with Gasteiger partial charge in [-0.15, -0.1) is 0 Å². The third-order valence-electron chi connectivity index (χ3n) is 6.69. The summed E-state index contributed by atoms with van der Waals surface area (Å²) < 4.78 is 6.73. The van der Waals surface area contributed by atoms with Crippen molar-refractivity contribution in [2.24, 2.45) is 17.8 Å². The van der Waals surface area contributed by atoms with Crippen molar-refractivity contribution in [2.75, 3.05) is 6.54 Å². The number of rotatable bonds is 3. The first-order valence-corrected chi connectivity index (χ1v) is 14.0. The Kier molecular flexibility index (Phi) is 9.77. The Balaban J connectivity index is 2.92. The molecule has 0 radical (unpaired) electrons. The molecule has 1 amide bonds. The molecule has 0 aromatic carbocycles. The van der Waals surface area contributed by atoms with Gasteiger partial charge >= 0.3 is 0 Å². The molecule has 3 nitrogen and oxygen atoms in total. The molecule has 0 aromatic rings. The second-order valence-corrected chi connectivity index (χ2v) is 14.9. The molecule has 0 spiro atoms. The molecule has 1 N–H and O–H groups in total. The molecule has 0 fully saturated rings. The third-order valence-corrected chi connectivity index (χ3v) is 11.2. The Bertz CT molecular complexity index is 481. The number of carbonyl (C=O) groups is 1. The molecule has 4 heteroatoms. The quantitative estimate of drug-likeness (QED) is 0.449. The highest BCUT2D eigenvalue weighted by molar-refractivity contribution is 6.74. The van der Waals surface area contributed by atoms with Crippen LogP contribution in [-0.2, 0) is 9.22 Å². The topological polar surface area (TPSA) is 38.3 Å². The third kappa shape index (κ3) is 8.11. The van der Waals surface area contributed by atoms with Gasteiger partial charge in [0, 0.05) is 6.54 Å². The maximum atomic E-state index is 12.8. The maximum Gasteiger partial charge on any atom is 0.225 e. The zero-order valence-electron chi connectivity index (χ0n) is 19.2. The summed E-state index contributed by atoms with van der Waals surface area (Å²) in [5.41, 5.74) is 0. The van der Waals surface area contributed by atoms with Gasteiger partial charge in [0.2, 0.25) is 5.91 Å². The average Bonchev–Trinajstić information content (AvgIpc) is 2.57. The van der Waals surface area contributed by atoms with Gasteiger partial charge in [0.25, 0.3) is 0 Å². The molecule has 1 rings (SSSR count). The van der Waals surface area contributed by atoms with E-state index in [0.29, 0.717) is 11.8 Å². The first-order chi connectivity index (χ1) is 12.5. The van der Waals surface area contributed by atoms with Crippen LogP contribution >= 0.6 is 0 Å². The minimum absolute atomic E-state index is 0.0173. The van der Waals surface area contributed by atoms with E-state index in [1.54, 1.807) is 0 Å². The highest BCUT2D eigenvalue weighted by Crippen LogP contribution is 2.39. The lowest BCUT2D eigenvalue weighted by atomic mass is 9.92. The van der Waals surface area contributed by atoms with E-state index >= 15 is 0 Å². The molecule has 158 valence electrons. The van der Waals surface area contributed by atoms with Crippen LogP contribution in [0, 0.1) is 17.8 Å². The van der Waals surface area contributed by atoms with Crippen LogP contribution in [0.25, 0.3) is 0 Å². The van der Waals surface area contributed by atoms with Crippen LogP contribution in [0.4, 0.5) is 0 Å². The van der Waals surface area contributed by atoms with Gasteiger partial charge in [0.1, 0.15) is 0 Å². The highest BCUT2D eigenvalue weighted by atomic mass is 28.4. The van der Waals surface area contributed by atoms with Gasteiger partial charge in [0.05, 0.1) is 12.0 Å². The van der Waals surface area contributed by atoms with Gasteiger partial charge < -0.3 is 9.74 Å². The van der Waals surface area contributed by atoms with Crippen LogP contribution in [0.5, 0.6) is 0 Å². The Hall–Kier alpha value is -0.613. The summed E-state index contributed by atoms with van der Waals surface area (Å²) in [4.78, 5) is 12.8. The summed E-state index contributed by atoms with van der Waals surface area (Å²) in [6.45, 7) is 18.8. The minimum atomic E-state index is -1.90. The Morgan fingerprint density at radius 3 is 2.44 bits per heavy atom. The zero-order chi connectivity index (χ0) is 20.7. The summed E-state index contributed by atoms with van der Waals surface area (Å²) in [6.07, 6.45) is 11.4. The highest BCUT2D eigenvalue weighted by Gasteiger charge is 2.41. The van der Waals surface area contributed by atoms with E-state index in [1.165, 1.54) is 6.42 Å². The van der Waals surface area contributed by atoms with Gasteiger partial charge in [0.15, 0.2) is 8.32 Å². The van der Waals surface area contributed by atoms with E-state index < -0.39 is 8.32 Å². The van der Waals surface area contributed by atoms with Crippen LogP contribution in [0.3, 0.4) is 0 Å². The van der Waals surface area contributed by atoms with Crippen LogP contribution in [0.15, 0.2) is 12.2 Å². The summed E-state index contributed by atoms with van der Waals surface area (Å²) in [6, 6.07) is 0. The lowest BCUT2D eigenvalue weighted by Gasteiger charge is -2.41. The van der Waals surface area contributed by atoms with Crippen LogP contribution in [-0.4, -0.2) is 26.9 Å². The number of carbonyl (C=O) groups excluding carboxylic acids is 1. The fourth-order valence-corrected chi connectivity index (χ4v) is 4.81. The second-order valence-electron chi connectivity index (χ2n) is 10.2. The van der Waals surface area contributed by atoms with Crippen LogP contribution in [0.2, 0.25) is 18.1 Å². The molecule has 0 unspecified atom stereocenters. The van der Waals surface area contributed by atoms with E-state index in [-0.39, 0.29) is 23.0 Å². The van der Waals surface area contributed by atoms with Gasteiger partial charge in [-0.2, -0.15) is 0 Å². The largest absolute Gasteiger partial charge is 0.413 e. The molecule has 1 aliphatic rings. The molecule has 0 saturated carbocycles. The number of nitrogens with one attached hydrogen (secondary N) is 1. The van der Waals surface area contributed by atoms with E-state index in [0.717, 1.165) is 38.6 Å². The maximum absolute atomic E-state index is 12.8. The average molecular weight is 396 g/mol. The van der Waals surface area contributed by atoms with E-state index in [2.05, 4.69) is 72.1 Å². The number of allylic oxidation sites excluding steroid dienone is 2. The molecular formula is C23H45NO2Si. The minimum Gasteiger partial charge on any atom is -0.413 e. The van der Waals surface area contributed by atoms with Crippen molar-refractivity contribution in [3.05, 3.63) is 12.2 Å². The lowest BCUT2D eigenvalue weighted by Crippen LogP contribution is -2.48. The monoisotopic (exact) mass is 395 g/mol. The van der Waals surface area contributed by atoms with Crippen molar-refractivity contribution in [3.8, 4) is 0 Å². The smallest absolute Gasteiger partial charge is 0.225 e. The summed E-state index contributed by atoms with van der Waals surface area (Å²) in [7, 11) is -1.90. The van der Waals surface area contributed by atoms with Crippen molar-refractivity contribution in [2.45, 2.75) is 104 Å². The second kappa shape index (κ2) is 10.8. The summed E-state index contributed by atoms with van der Waals surface area (Å²) >= 11 is 0. The number of amides is 1. The van der Waals surface area contributed by atoms with Crippen molar-refractivity contribution < 1.29 is 9.22 Å². The SMILES string of the molecule is CC[C@H]1/C=C/C[C@@H](C)CC[C@H](O[Si](C)(C)C(C)(C)C)[C@@H](C)C(=O)NCCC1. The molecule has 1 aliphatic heterocycles. The Morgan fingerprint density at radius 2 is 1.85 bits per heavy atom. The Labute approximate surface area is 169 Å². The molecular weight excluding hydrogens is 350 g/mol. The van der Waals surface area contributed by atoms with E-state index in [9.17, 15) is 4.79 Å². The lowest BCUT2D eigenvalue weighted by molar-refractivity contribution is -0.127. The molecule has 0 saturated heterocycles. The normalized spacial score (nSPS) is 31.0. The molecule has 0 aliphatic carbocycles. The van der Waals surface area contributed by atoms with Gasteiger partial charge in [-0.3, -0.25) is 4.79 Å². The van der Waals surface area contributed by atoms with Crippen LogP contribution < -0.4 is 5.32 Å². The first kappa shape index (κ1) is 24.4. The Morgan fingerprint density at radius 1 is 1.19 bits per heavy atom. The first-order valence-electron chi connectivity index (χ1n) is 11.1. The molecule has 0 bridgehead atoms. The molecule has 4 atom stereocenters. The predicted molar refractivity (Wildman–Crippen MR) is 119 cm³/mol. The van der Waals surface area contributed by atoms with Gasteiger partial charge in [-0.05, 0) is 68.5 Å².